The second-order valence-electron chi connectivity index (χ2n) is 4.11. The molecule has 17 heavy (non-hydrogen) atoms. The van der Waals surface area contributed by atoms with Crippen LogP contribution in [0.15, 0.2) is 34.7 Å². The van der Waals surface area contributed by atoms with Gasteiger partial charge in [0, 0.05) is 9.13 Å². The number of aryl methyl sites for hydroxylation is 2. The largest absolute Gasteiger partial charge is 0.466 e. The summed E-state index contributed by atoms with van der Waals surface area (Å²) in [5.74, 6) is 1.95. The van der Waals surface area contributed by atoms with Gasteiger partial charge in [0.15, 0.2) is 0 Å². The van der Waals surface area contributed by atoms with Crippen LogP contribution in [0.1, 0.15) is 28.7 Å². The van der Waals surface area contributed by atoms with E-state index in [1.54, 1.807) is 0 Å². The number of hydrogen-bond acceptors (Lipinski definition) is 2. The second kappa shape index (κ2) is 5.23. The van der Waals surface area contributed by atoms with Crippen molar-refractivity contribution < 1.29 is 4.42 Å². The van der Waals surface area contributed by atoms with E-state index in [-0.39, 0.29) is 6.04 Å². The lowest BCUT2D eigenvalue weighted by Crippen LogP contribution is -2.18. The molecule has 2 aromatic rings. The fourth-order valence-corrected chi connectivity index (χ4v) is 2.82. The molecule has 0 aliphatic rings. The van der Waals surface area contributed by atoms with E-state index in [2.05, 4.69) is 58.2 Å². The summed E-state index contributed by atoms with van der Waals surface area (Å²) in [6, 6.07) is 10.7. The number of halogens is 1. The van der Waals surface area contributed by atoms with Crippen LogP contribution in [-0.4, -0.2) is 7.05 Å². The molecule has 3 heteroatoms. The Labute approximate surface area is 116 Å². The van der Waals surface area contributed by atoms with Gasteiger partial charge in [0.25, 0.3) is 0 Å². The van der Waals surface area contributed by atoms with Crippen molar-refractivity contribution in [3.63, 3.8) is 0 Å². The van der Waals surface area contributed by atoms with Crippen molar-refractivity contribution in [1.29, 1.82) is 0 Å². The van der Waals surface area contributed by atoms with Gasteiger partial charge in [-0.05, 0) is 61.2 Å². The van der Waals surface area contributed by atoms with Gasteiger partial charge in [-0.25, -0.2) is 0 Å². The van der Waals surface area contributed by atoms with E-state index < -0.39 is 0 Å². The first-order valence-electron chi connectivity index (χ1n) is 5.62. The van der Waals surface area contributed by atoms with Crippen LogP contribution in [0.5, 0.6) is 0 Å². The maximum absolute atomic E-state index is 5.62. The average Bonchev–Trinajstić information content (AvgIpc) is 2.62. The van der Waals surface area contributed by atoms with E-state index in [0.29, 0.717) is 0 Å². The number of furan rings is 1. The molecule has 0 fully saturated rings. The molecule has 1 aromatic heterocycles. The van der Waals surface area contributed by atoms with Crippen molar-refractivity contribution in [1.82, 2.24) is 5.32 Å². The van der Waals surface area contributed by atoms with Crippen LogP contribution < -0.4 is 5.32 Å². The topological polar surface area (TPSA) is 25.2 Å². The van der Waals surface area contributed by atoms with Crippen molar-refractivity contribution >= 4 is 22.6 Å². The van der Waals surface area contributed by atoms with Gasteiger partial charge >= 0.3 is 0 Å². The fraction of sp³-hybridized carbons (Fsp3) is 0.286. The monoisotopic (exact) mass is 341 g/mol. The van der Waals surface area contributed by atoms with Crippen molar-refractivity contribution in [3.8, 4) is 0 Å². The molecule has 1 unspecified atom stereocenters. The molecule has 90 valence electrons. The quantitative estimate of drug-likeness (QED) is 0.859. The number of hydrogen-bond donors (Lipinski definition) is 1. The first-order chi connectivity index (χ1) is 8.13. The van der Waals surface area contributed by atoms with Gasteiger partial charge in [-0.1, -0.05) is 18.2 Å². The Morgan fingerprint density at radius 2 is 1.88 bits per heavy atom. The number of benzene rings is 1. The molecule has 1 N–H and O–H groups in total. The van der Waals surface area contributed by atoms with Crippen LogP contribution in [0.2, 0.25) is 0 Å². The average molecular weight is 341 g/mol. The summed E-state index contributed by atoms with van der Waals surface area (Å²) in [7, 11) is 1.98. The van der Waals surface area contributed by atoms with Crippen LogP contribution in [0.3, 0.4) is 0 Å². The Morgan fingerprint density at radius 1 is 1.18 bits per heavy atom. The summed E-state index contributed by atoms with van der Waals surface area (Å²) in [5, 5.41) is 3.36. The van der Waals surface area contributed by atoms with Crippen molar-refractivity contribution in [3.05, 3.63) is 56.5 Å². The molecule has 2 nitrogen and oxygen atoms in total. The van der Waals surface area contributed by atoms with Gasteiger partial charge in [-0.2, -0.15) is 0 Å². The molecular formula is C14H16INO. The van der Waals surface area contributed by atoms with Gasteiger partial charge in [0.1, 0.15) is 11.5 Å². The standard InChI is InChI=1S/C14H16INO/c1-9-8-12(10(2)17-9)14(16-3)11-6-4-5-7-13(11)15/h4-8,14,16H,1-3H3. The maximum Gasteiger partial charge on any atom is 0.106 e. The predicted octanol–water partition coefficient (Wildman–Crippen LogP) is 3.81. The highest BCUT2D eigenvalue weighted by atomic mass is 127. The third kappa shape index (κ3) is 2.55. The zero-order chi connectivity index (χ0) is 12.4. The lowest BCUT2D eigenvalue weighted by atomic mass is 9.99. The Bertz CT molecular complexity index is 519. The molecule has 1 atom stereocenters. The minimum absolute atomic E-state index is 0.195. The first kappa shape index (κ1) is 12.6. The Balaban J connectivity index is 2.47. The van der Waals surface area contributed by atoms with Crippen LogP contribution in [0, 0.1) is 17.4 Å². The molecule has 1 aromatic carbocycles. The fourth-order valence-electron chi connectivity index (χ4n) is 2.12. The van der Waals surface area contributed by atoms with Crippen molar-refractivity contribution in [2.75, 3.05) is 7.05 Å². The zero-order valence-corrected chi connectivity index (χ0v) is 12.4. The summed E-state index contributed by atoms with van der Waals surface area (Å²) < 4.78 is 6.88. The molecular weight excluding hydrogens is 325 g/mol. The summed E-state index contributed by atoms with van der Waals surface area (Å²) in [6.07, 6.45) is 0. The van der Waals surface area contributed by atoms with Crippen molar-refractivity contribution in [2.45, 2.75) is 19.9 Å². The van der Waals surface area contributed by atoms with Crippen LogP contribution >= 0.6 is 22.6 Å². The zero-order valence-electron chi connectivity index (χ0n) is 10.3. The van der Waals surface area contributed by atoms with Gasteiger partial charge in [-0.3, -0.25) is 0 Å². The third-order valence-corrected chi connectivity index (χ3v) is 3.88. The molecule has 0 aliphatic heterocycles. The Kier molecular flexibility index (Phi) is 3.89. The maximum atomic E-state index is 5.62. The van der Waals surface area contributed by atoms with E-state index >= 15 is 0 Å². The molecule has 0 bridgehead atoms. The highest BCUT2D eigenvalue weighted by molar-refractivity contribution is 14.1. The molecule has 0 spiro atoms. The third-order valence-electron chi connectivity index (χ3n) is 2.90. The SMILES string of the molecule is CNC(c1ccccc1I)c1cc(C)oc1C. The lowest BCUT2D eigenvalue weighted by Gasteiger charge is -2.17. The van der Waals surface area contributed by atoms with E-state index in [9.17, 15) is 0 Å². The molecule has 0 saturated heterocycles. The molecule has 0 saturated carbocycles. The summed E-state index contributed by atoms with van der Waals surface area (Å²) in [5.41, 5.74) is 2.51. The minimum Gasteiger partial charge on any atom is -0.466 e. The van der Waals surface area contributed by atoms with E-state index in [0.717, 1.165) is 11.5 Å². The molecule has 0 radical (unpaired) electrons. The summed E-state index contributed by atoms with van der Waals surface area (Å²) in [4.78, 5) is 0. The van der Waals surface area contributed by atoms with Gasteiger partial charge in [0.2, 0.25) is 0 Å². The second-order valence-corrected chi connectivity index (χ2v) is 5.27. The van der Waals surface area contributed by atoms with Crippen LogP contribution in [0.4, 0.5) is 0 Å². The van der Waals surface area contributed by atoms with Gasteiger partial charge < -0.3 is 9.73 Å². The van der Waals surface area contributed by atoms with Crippen LogP contribution in [0.25, 0.3) is 0 Å². The van der Waals surface area contributed by atoms with Gasteiger partial charge in [-0.15, -0.1) is 0 Å². The first-order valence-corrected chi connectivity index (χ1v) is 6.70. The number of nitrogens with one attached hydrogen (secondary N) is 1. The Morgan fingerprint density at radius 3 is 2.41 bits per heavy atom. The Hall–Kier alpha value is -0.810. The molecule has 0 aliphatic carbocycles. The smallest absolute Gasteiger partial charge is 0.106 e. The lowest BCUT2D eigenvalue weighted by molar-refractivity contribution is 0.497. The molecule has 1 heterocycles. The van der Waals surface area contributed by atoms with E-state index in [1.807, 2.05) is 20.9 Å². The van der Waals surface area contributed by atoms with E-state index in [1.165, 1.54) is 14.7 Å². The van der Waals surface area contributed by atoms with Crippen LogP contribution in [-0.2, 0) is 0 Å². The summed E-state index contributed by atoms with van der Waals surface area (Å²) in [6.45, 7) is 4.00. The molecule has 2 rings (SSSR count). The molecule has 0 amide bonds. The predicted molar refractivity (Wildman–Crippen MR) is 78.2 cm³/mol. The number of rotatable bonds is 3. The van der Waals surface area contributed by atoms with E-state index in [4.69, 9.17) is 4.42 Å². The van der Waals surface area contributed by atoms with Gasteiger partial charge in [0.05, 0.1) is 6.04 Å². The highest BCUT2D eigenvalue weighted by Gasteiger charge is 2.19. The summed E-state index contributed by atoms with van der Waals surface area (Å²) >= 11 is 2.37. The normalized spacial score (nSPS) is 12.7. The minimum atomic E-state index is 0.195. The highest BCUT2D eigenvalue weighted by Crippen LogP contribution is 2.29. The van der Waals surface area contributed by atoms with Crippen molar-refractivity contribution in [2.24, 2.45) is 0 Å².